The molecule has 0 aromatic heterocycles. The summed E-state index contributed by atoms with van der Waals surface area (Å²) in [7, 11) is -0.861. The lowest BCUT2D eigenvalue weighted by molar-refractivity contribution is -0.119. The Balaban J connectivity index is 2.73. The van der Waals surface area contributed by atoms with Crippen molar-refractivity contribution in [3.8, 4) is 0 Å². The van der Waals surface area contributed by atoms with E-state index in [1.165, 1.54) is 0 Å². The Bertz CT molecular complexity index is 481. The van der Waals surface area contributed by atoms with Crippen LogP contribution in [0.2, 0.25) is 0 Å². The summed E-state index contributed by atoms with van der Waals surface area (Å²) in [5.41, 5.74) is 0. The molecule has 0 radical (unpaired) electrons. The quantitative estimate of drug-likeness (QED) is 0.528. The average molecular weight is 194 g/mol. The van der Waals surface area contributed by atoms with Gasteiger partial charge in [-0.3, -0.25) is 4.79 Å². The molecule has 1 unspecified atom stereocenters. The molecule has 1 aliphatic heterocycles. The van der Waals surface area contributed by atoms with Gasteiger partial charge in [0.1, 0.15) is 11.0 Å². The second-order valence-electron chi connectivity index (χ2n) is 2.31. The Labute approximate surface area is 76.8 Å². The summed E-state index contributed by atoms with van der Waals surface area (Å²) in [5.74, 6) is 0. The second-order valence-corrected chi connectivity index (χ2v) is 3.60. The minimum Gasteiger partial charge on any atom is -0.378 e. The molecule has 1 aromatic carbocycles. The van der Waals surface area contributed by atoms with Crippen molar-refractivity contribution < 1.29 is 8.98 Å². The molecule has 66 valence electrons. The number of nitrogens with zero attached hydrogens (tertiary/aromatic N) is 2. The van der Waals surface area contributed by atoms with E-state index in [-0.39, 0.29) is 0 Å². The highest BCUT2D eigenvalue weighted by Gasteiger charge is 1.99. The van der Waals surface area contributed by atoms with E-state index in [1.54, 1.807) is 6.20 Å². The van der Waals surface area contributed by atoms with E-state index in [2.05, 4.69) is 9.63 Å². The van der Waals surface area contributed by atoms with Crippen LogP contribution >= 0.6 is 11.0 Å². The van der Waals surface area contributed by atoms with E-state index in [0.29, 0.717) is 6.47 Å². The molecule has 1 aromatic rings. The molecule has 2 rings (SSSR count). The molecule has 4 nitrogen and oxygen atoms in total. The fourth-order valence-corrected chi connectivity index (χ4v) is 1.98. The summed E-state index contributed by atoms with van der Waals surface area (Å²) in [5, 5.41) is 4.69. The Kier molecular flexibility index (Phi) is 2.18. The van der Waals surface area contributed by atoms with E-state index >= 15 is 0 Å². The maximum atomic E-state index is 10.2. The van der Waals surface area contributed by atoms with Crippen LogP contribution in [0.25, 0.3) is 6.20 Å². The second kappa shape index (κ2) is 3.49. The predicted molar refractivity (Wildman–Crippen MR) is 49.0 cm³/mol. The largest absolute Gasteiger partial charge is 0.378 e. The van der Waals surface area contributed by atoms with E-state index in [1.807, 2.05) is 24.3 Å². The third-order valence-electron chi connectivity index (χ3n) is 1.56. The zero-order chi connectivity index (χ0) is 9.10. The number of rotatable bonds is 2. The highest BCUT2D eigenvalue weighted by atomic mass is 32.2. The van der Waals surface area contributed by atoms with Crippen molar-refractivity contribution >= 4 is 23.6 Å². The monoisotopic (exact) mass is 194 g/mol. The van der Waals surface area contributed by atoms with Crippen LogP contribution in [-0.2, 0) is 8.98 Å². The molecule has 5 heteroatoms. The highest BCUT2D eigenvalue weighted by Crippen LogP contribution is 2.20. The number of fused-ring (bicyclic) bond motifs is 1. The smallest absolute Gasteiger partial charge is 0.306 e. The molecular weight excluding hydrogens is 188 g/mol. The first kappa shape index (κ1) is 8.12. The first-order valence-electron chi connectivity index (χ1n) is 3.60. The van der Waals surface area contributed by atoms with Crippen LogP contribution in [0.4, 0.5) is 0 Å². The van der Waals surface area contributed by atoms with E-state index < -0.39 is 11.0 Å². The van der Waals surface area contributed by atoms with E-state index in [0.717, 1.165) is 9.73 Å². The minimum absolute atomic E-state index is 0.393. The number of carbonyl (C=O) groups excluding carboxylic acids is 1. The molecule has 1 atom stereocenters. The third-order valence-corrected chi connectivity index (χ3v) is 2.81. The Morgan fingerprint density at radius 1 is 1.38 bits per heavy atom. The van der Waals surface area contributed by atoms with Crippen LogP contribution in [0, 0.1) is 4.51 Å². The fraction of sp³-hybridized carbons (Fsp3) is 0. The van der Waals surface area contributed by atoms with Gasteiger partial charge in [-0.15, -0.1) is 5.11 Å². The van der Waals surface area contributed by atoms with Gasteiger partial charge in [0.15, 0.2) is 0 Å². The molecular formula is C8H6N2O2S. The van der Waals surface area contributed by atoms with Crippen LogP contribution in [-0.4, -0.2) is 6.47 Å². The lowest BCUT2D eigenvalue weighted by Crippen LogP contribution is -2.02. The van der Waals surface area contributed by atoms with Crippen molar-refractivity contribution in [1.29, 1.82) is 0 Å². The molecule has 0 saturated heterocycles. The van der Waals surface area contributed by atoms with Gasteiger partial charge in [0.25, 0.3) is 0 Å². The molecule has 0 aliphatic carbocycles. The average Bonchev–Trinajstić information content (AvgIpc) is 2.19. The summed E-state index contributed by atoms with van der Waals surface area (Å²) in [6, 6.07) is 7.55. The van der Waals surface area contributed by atoms with Crippen LogP contribution in [0.15, 0.2) is 33.9 Å². The minimum atomic E-state index is -0.861. The van der Waals surface area contributed by atoms with Gasteiger partial charge in [-0.2, -0.15) is 0 Å². The summed E-state index contributed by atoms with van der Waals surface area (Å²) in [6.07, 6.45) is 1.65. The number of carbonyl (C=O) groups is 1. The fourth-order valence-electron chi connectivity index (χ4n) is 1.03. The number of hydrogen-bond acceptors (Lipinski definition) is 4. The summed E-state index contributed by atoms with van der Waals surface area (Å²) in [4.78, 5) is 10.2. The molecule has 0 spiro atoms. The molecule has 0 bridgehead atoms. The summed E-state index contributed by atoms with van der Waals surface area (Å²) < 4.78 is 9.47. The van der Waals surface area contributed by atoms with Gasteiger partial charge in [0.05, 0.1) is 10.7 Å². The standard InChI is InChI=1S/C8H6N2O2S/c11-6-12-13-8-4-2-1-3-7(8)5-9-10-13/h1-6H. The van der Waals surface area contributed by atoms with Crippen LogP contribution in [0.3, 0.4) is 0 Å². The molecule has 1 heterocycles. The molecule has 13 heavy (non-hydrogen) atoms. The zero-order valence-electron chi connectivity index (χ0n) is 6.58. The van der Waals surface area contributed by atoms with Gasteiger partial charge in [-0.05, 0) is 6.07 Å². The van der Waals surface area contributed by atoms with Crippen LogP contribution in [0.1, 0.15) is 0 Å². The van der Waals surface area contributed by atoms with Gasteiger partial charge in [-0.25, -0.2) is 0 Å². The van der Waals surface area contributed by atoms with Gasteiger partial charge < -0.3 is 4.18 Å². The Hall–Kier alpha value is -1.49. The van der Waals surface area contributed by atoms with Crippen molar-refractivity contribution in [3.63, 3.8) is 0 Å². The Morgan fingerprint density at radius 3 is 3.08 bits per heavy atom. The van der Waals surface area contributed by atoms with Gasteiger partial charge in [-0.1, -0.05) is 22.7 Å². The van der Waals surface area contributed by atoms with Crippen molar-refractivity contribution in [2.24, 2.45) is 9.63 Å². The van der Waals surface area contributed by atoms with Gasteiger partial charge in [0.2, 0.25) is 0 Å². The van der Waals surface area contributed by atoms with Crippen LogP contribution < -0.4 is 5.22 Å². The number of benzene rings is 1. The maximum absolute atomic E-state index is 10.2. The summed E-state index contributed by atoms with van der Waals surface area (Å²) >= 11 is 0. The topological polar surface area (TPSA) is 51.0 Å². The van der Waals surface area contributed by atoms with Gasteiger partial charge in [0, 0.05) is 5.22 Å². The Morgan fingerprint density at radius 2 is 2.23 bits per heavy atom. The van der Waals surface area contributed by atoms with Gasteiger partial charge >= 0.3 is 6.47 Å². The van der Waals surface area contributed by atoms with Crippen molar-refractivity contribution in [1.82, 2.24) is 0 Å². The number of hydrogen-bond donors (Lipinski definition) is 0. The lowest BCUT2D eigenvalue weighted by Gasteiger charge is -2.00. The first-order chi connectivity index (χ1) is 6.42. The van der Waals surface area contributed by atoms with Crippen molar-refractivity contribution in [3.05, 3.63) is 34.0 Å². The SMILES string of the molecule is O=COS1=c2ccccc2=CN=N1. The molecule has 0 amide bonds. The van der Waals surface area contributed by atoms with E-state index in [4.69, 9.17) is 4.18 Å². The molecule has 1 aliphatic rings. The van der Waals surface area contributed by atoms with Crippen LogP contribution in [0.5, 0.6) is 0 Å². The summed E-state index contributed by atoms with van der Waals surface area (Å²) in [6.45, 7) is 0.393. The van der Waals surface area contributed by atoms with Crippen molar-refractivity contribution in [2.75, 3.05) is 0 Å². The maximum Gasteiger partial charge on any atom is 0.306 e. The molecule has 0 N–H and O–H groups in total. The lowest BCUT2D eigenvalue weighted by atomic mass is 10.3. The van der Waals surface area contributed by atoms with E-state index in [9.17, 15) is 4.79 Å². The zero-order valence-corrected chi connectivity index (χ0v) is 7.40. The molecule has 0 fully saturated rings. The molecule has 0 saturated carbocycles. The predicted octanol–water partition coefficient (Wildman–Crippen LogP) is 1.41. The normalized spacial score (nSPS) is 18.6. The van der Waals surface area contributed by atoms with Crippen molar-refractivity contribution in [2.45, 2.75) is 0 Å². The third kappa shape index (κ3) is 1.50. The highest BCUT2D eigenvalue weighted by molar-refractivity contribution is 8.04. The first-order valence-corrected chi connectivity index (χ1v) is 4.71.